The third-order valence-electron chi connectivity index (χ3n) is 2.54. The maximum atomic E-state index is 9.39. The van der Waals surface area contributed by atoms with Crippen molar-refractivity contribution in [1.82, 2.24) is 5.32 Å². The molecule has 0 unspecified atom stereocenters. The topological polar surface area (TPSA) is 32.3 Å². The Labute approximate surface area is 113 Å². The first-order valence-electron chi connectivity index (χ1n) is 5.43. The Kier molecular flexibility index (Phi) is 4.74. The van der Waals surface area contributed by atoms with Crippen LogP contribution in [0.25, 0.3) is 0 Å². The molecule has 0 aliphatic carbocycles. The Morgan fingerprint density at radius 1 is 1.18 bits per heavy atom. The highest BCUT2D eigenvalue weighted by Gasteiger charge is 2.09. The fourth-order valence-electron chi connectivity index (χ4n) is 1.64. The summed E-state index contributed by atoms with van der Waals surface area (Å²) in [5.41, 5.74) is 1.12. The van der Waals surface area contributed by atoms with E-state index >= 15 is 0 Å². The Hall–Kier alpha value is -0.680. The first-order chi connectivity index (χ1) is 8.29. The van der Waals surface area contributed by atoms with Gasteiger partial charge in [-0.3, -0.25) is 0 Å². The van der Waals surface area contributed by atoms with Gasteiger partial charge in [-0.1, -0.05) is 30.3 Å². The fraction of sp³-hybridized carbons (Fsp3) is 0.231. The van der Waals surface area contributed by atoms with Crippen LogP contribution in [0.5, 0.6) is 0 Å². The van der Waals surface area contributed by atoms with E-state index in [0.29, 0.717) is 0 Å². The average molecular weight is 312 g/mol. The maximum absolute atomic E-state index is 9.39. The van der Waals surface area contributed by atoms with Gasteiger partial charge in [-0.15, -0.1) is 11.3 Å². The summed E-state index contributed by atoms with van der Waals surface area (Å²) >= 11 is 5.15. The molecular formula is C13H14BrNOS. The maximum Gasteiger partial charge on any atom is 0.0701 e. The number of thiophene rings is 1. The third kappa shape index (κ3) is 3.64. The van der Waals surface area contributed by atoms with E-state index in [0.717, 1.165) is 15.9 Å². The summed E-state index contributed by atoms with van der Waals surface area (Å²) in [5.74, 6) is 0. The molecule has 4 heteroatoms. The minimum absolute atomic E-state index is 0.00271. The van der Waals surface area contributed by atoms with Gasteiger partial charge in [-0.2, -0.15) is 0 Å². The quantitative estimate of drug-likeness (QED) is 0.887. The van der Waals surface area contributed by atoms with Crippen molar-refractivity contribution in [2.75, 3.05) is 6.61 Å². The van der Waals surface area contributed by atoms with Crippen LogP contribution in [0.1, 0.15) is 16.5 Å². The van der Waals surface area contributed by atoms with Gasteiger partial charge in [-0.05, 0) is 33.6 Å². The molecule has 0 fully saturated rings. The molecule has 0 bridgehead atoms. The van der Waals surface area contributed by atoms with E-state index in [1.54, 1.807) is 11.3 Å². The van der Waals surface area contributed by atoms with Crippen LogP contribution < -0.4 is 5.32 Å². The predicted octanol–water partition coefficient (Wildman–Crippen LogP) is 3.33. The molecule has 2 aromatic rings. The lowest BCUT2D eigenvalue weighted by Gasteiger charge is -2.15. The van der Waals surface area contributed by atoms with E-state index in [9.17, 15) is 5.11 Å². The molecule has 0 radical (unpaired) electrons. The highest BCUT2D eigenvalue weighted by Crippen LogP contribution is 2.22. The van der Waals surface area contributed by atoms with Crippen LogP contribution in [0.3, 0.4) is 0 Å². The van der Waals surface area contributed by atoms with Crippen molar-refractivity contribution in [2.45, 2.75) is 12.6 Å². The zero-order valence-corrected chi connectivity index (χ0v) is 11.7. The largest absolute Gasteiger partial charge is 0.394 e. The summed E-state index contributed by atoms with van der Waals surface area (Å²) in [7, 11) is 0. The number of nitrogens with one attached hydrogen (secondary N) is 1. The second kappa shape index (κ2) is 6.31. The SMILES string of the molecule is OC[C@H](NCc1ccc(Br)s1)c1ccccc1. The van der Waals surface area contributed by atoms with Crippen LogP contribution in [-0.2, 0) is 6.54 Å². The summed E-state index contributed by atoms with van der Waals surface area (Å²) in [6, 6.07) is 14.1. The van der Waals surface area contributed by atoms with Gasteiger partial charge in [0.15, 0.2) is 0 Å². The van der Waals surface area contributed by atoms with Crippen molar-refractivity contribution in [3.8, 4) is 0 Å². The molecule has 2 rings (SSSR count). The van der Waals surface area contributed by atoms with E-state index in [-0.39, 0.29) is 12.6 Å². The van der Waals surface area contributed by atoms with Gasteiger partial charge in [0.05, 0.1) is 16.4 Å². The molecule has 0 aliphatic heterocycles. The number of hydrogen-bond acceptors (Lipinski definition) is 3. The summed E-state index contributed by atoms with van der Waals surface area (Å²) in [6.07, 6.45) is 0. The third-order valence-corrected chi connectivity index (χ3v) is 4.16. The number of rotatable bonds is 5. The van der Waals surface area contributed by atoms with Crippen LogP contribution in [0.15, 0.2) is 46.3 Å². The standard InChI is InChI=1S/C13H14BrNOS/c14-13-7-6-11(17-13)8-15-12(9-16)10-4-2-1-3-5-10/h1-7,12,15-16H,8-9H2/t12-/m0/s1. The molecular weight excluding hydrogens is 298 g/mol. The average Bonchev–Trinajstić information content (AvgIpc) is 2.77. The van der Waals surface area contributed by atoms with Gasteiger partial charge < -0.3 is 10.4 Å². The monoisotopic (exact) mass is 311 g/mol. The lowest BCUT2D eigenvalue weighted by atomic mass is 10.1. The van der Waals surface area contributed by atoms with Gasteiger partial charge in [0.25, 0.3) is 0 Å². The smallest absolute Gasteiger partial charge is 0.0701 e. The van der Waals surface area contributed by atoms with E-state index in [4.69, 9.17) is 0 Å². The first kappa shape index (κ1) is 12.8. The molecule has 0 spiro atoms. The molecule has 0 saturated carbocycles. The second-order valence-corrected chi connectivity index (χ2v) is 6.28. The number of aliphatic hydroxyl groups is 1. The van der Waals surface area contributed by atoms with Gasteiger partial charge in [-0.25, -0.2) is 0 Å². The normalized spacial score (nSPS) is 12.6. The number of benzene rings is 1. The van der Waals surface area contributed by atoms with Crippen LogP contribution in [0.4, 0.5) is 0 Å². The van der Waals surface area contributed by atoms with Crippen LogP contribution in [0, 0.1) is 0 Å². The molecule has 1 heterocycles. The molecule has 0 aliphatic rings. The number of halogens is 1. The van der Waals surface area contributed by atoms with Gasteiger partial charge in [0.2, 0.25) is 0 Å². The summed E-state index contributed by atoms with van der Waals surface area (Å²) in [5, 5.41) is 12.7. The minimum atomic E-state index is -0.00271. The minimum Gasteiger partial charge on any atom is -0.394 e. The number of hydrogen-bond donors (Lipinski definition) is 2. The summed E-state index contributed by atoms with van der Waals surface area (Å²) in [6.45, 7) is 0.882. The second-order valence-electron chi connectivity index (χ2n) is 3.73. The first-order valence-corrected chi connectivity index (χ1v) is 7.04. The molecule has 0 amide bonds. The lowest BCUT2D eigenvalue weighted by molar-refractivity contribution is 0.244. The zero-order valence-electron chi connectivity index (χ0n) is 9.27. The van der Waals surface area contributed by atoms with Crippen LogP contribution in [0.2, 0.25) is 0 Å². The molecule has 2 nitrogen and oxygen atoms in total. The molecule has 1 aromatic heterocycles. The lowest BCUT2D eigenvalue weighted by Crippen LogP contribution is -2.23. The summed E-state index contributed by atoms with van der Waals surface area (Å²) in [4.78, 5) is 1.26. The summed E-state index contributed by atoms with van der Waals surface area (Å²) < 4.78 is 1.13. The van der Waals surface area contributed by atoms with Crippen molar-refractivity contribution >= 4 is 27.3 Å². The predicted molar refractivity (Wildman–Crippen MR) is 75.1 cm³/mol. The molecule has 1 aromatic carbocycles. The van der Waals surface area contributed by atoms with Gasteiger partial charge in [0.1, 0.15) is 0 Å². The van der Waals surface area contributed by atoms with Crippen molar-refractivity contribution in [2.24, 2.45) is 0 Å². The molecule has 0 saturated heterocycles. The van der Waals surface area contributed by atoms with Gasteiger partial charge in [0, 0.05) is 11.4 Å². The molecule has 1 atom stereocenters. The molecule has 2 N–H and O–H groups in total. The van der Waals surface area contributed by atoms with Crippen molar-refractivity contribution in [3.05, 3.63) is 56.7 Å². The van der Waals surface area contributed by atoms with Crippen LogP contribution >= 0.6 is 27.3 Å². The van der Waals surface area contributed by atoms with Gasteiger partial charge >= 0.3 is 0 Å². The molecule has 17 heavy (non-hydrogen) atoms. The highest BCUT2D eigenvalue weighted by molar-refractivity contribution is 9.11. The van der Waals surface area contributed by atoms with Crippen LogP contribution in [-0.4, -0.2) is 11.7 Å². The van der Waals surface area contributed by atoms with E-state index in [2.05, 4.69) is 27.3 Å². The van der Waals surface area contributed by atoms with Crippen molar-refractivity contribution < 1.29 is 5.11 Å². The highest BCUT2D eigenvalue weighted by atomic mass is 79.9. The zero-order chi connectivity index (χ0) is 12.1. The van der Waals surface area contributed by atoms with E-state index in [1.165, 1.54) is 4.88 Å². The fourth-order valence-corrected chi connectivity index (χ4v) is 3.08. The van der Waals surface area contributed by atoms with E-state index in [1.807, 2.05) is 36.4 Å². The Bertz CT molecular complexity index is 457. The Morgan fingerprint density at radius 2 is 1.94 bits per heavy atom. The van der Waals surface area contributed by atoms with E-state index < -0.39 is 0 Å². The van der Waals surface area contributed by atoms with Crippen molar-refractivity contribution in [1.29, 1.82) is 0 Å². The molecule has 90 valence electrons. The Morgan fingerprint density at radius 3 is 2.53 bits per heavy atom. The number of aliphatic hydroxyl groups excluding tert-OH is 1. The Balaban J connectivity index is 1.97. The van der Waals surface area contributed by atoms with Crippen molar-refractivity contribution in [3.63, 3.8) is 0 Å².